The molecule has 0 aliphatic rings. The van der Waals surface area contributed by atoms with E-state index in [1.165, 1.54) is 6.07 Å². The van der Waals surface area contributed by atoms with Gasteiger partial charge in [0, 0.05) is 12.2 Å². The first-order valence-electron chi connectivity index (χ1n) is 6.93. The molecule has 2 aromatic rings. The molecule has 0 fully saturated rings. The van der Waals surface area contributed by atoms with Crippen LogP contribution in [-0.4, -0.2) is 13.7 Å². The Morgan fingerprint density at radius 1 is 1.10 bits per heavy atom. The quantitative estimate of drug-likeness (QED) is 0.866. The van der Waals surface area contributed by atoms with Gasteiger partial charge in [0.15, 0.2) is 11.5 Å². The van der Waals surface area contributed by atoms with Crippen LogP contribution >= 0.6 is 0 Å². The summed E-state index contributed by atoms with van der Waals surface area (Å²) in [5, 5.41) is 3.27. The first-order chi connectivity index (χ1) is 10.1. The van der Waals surface area contributed by atoms with Crippen molar-refractivity contribution in [3.63, 3.8) is 0 Å². The minimum atomic E-state index is -0.191. The number of nitrogens with one attached hydrogen (secondary N) is 1. The predicted molar refractivity (Wildman–Crippen MR) is 82.6 cm³/mol. The van der Waals surface area contributed by atoms with Gasteiger partial charge in [-0.3, -0.25) is 0 Å². The second-order valence-electron chi connectivity index (χ2n) is 4.74. The van der Waals surface area contributed by atoms with Crippen molar-refractivity contribution in [3.8, 4) is 11.5 Å². The molecule has 0 aliphatic carbocycles. The van der Waals surface area contributed by atoms with Gasteiger partial charge >= 0.3 is 0 Å². The molecule has 0 saturated carbocycles. The first kappa shape index (κ1) is 15.2. The van der Waals surface area contributed by atoms with Gasteiger partial charge in [-0.2, -0.15) is 0 Å². The molecule has 0 saturated heterocycles. The Morgan fingerprint density at radius 2 is 1.90 bits per heavy atom. The lowest BCUT2D eigenvalue weighted by molar-refractivity contribution is 0.310. The van der Waals surface area contributed by atoms with Crippen molar-refractivity contribution in [3.05, 3.63) is 53.3 Å². The van der Waals surface area contributed by atoms with E-state index in [0.29, 0.717) is 18.7 Å². The van der Waals surface area contributed by atoms with Crippen LogP contribution < -0.4 is 14.8 Å². The lowest BCUT2D eigenvalue weighted by Gasteiger charge is -2.12. The highest BCUT2D eigenvalue weighted by molar-refractivity contribution is 5.48. The third-order valence-electron chi connectivity index (χ3n) is 3.18. The van der Waals surface area contributed by atoms with E-state index in [-0.39, 0.29) is 5.82 Å². The van der Waals surface area contributed by atoms with E-state index in [2.05, 4.69) is 5.32 Å². The molecule has 3 nitrogen and oxygen atoms in total. The zero-order chi connectivity index (χ0) is 15.2. The molecular formula is C17H20FNO2. The van der Waals surface area contributed by atoms with Gasteiger partial charge in [-0.1, -0.05) is 6.07 Å². The van der Waals surface area contributed by atoms with Gasteiger partial charge in [0.25, 0.3) is 0 Å². The van der Waals surface area contributed by atoms with Crippen molar-refractivity contribution in [2.45, 2.75) is 20.4 Å². The van der Waals surface area contributed by atoms with Gasteiger partial charge in [-0.15, -0.1) is 0 Å². The Bertz CT molecular complexity index is 614. The molecule has 0 unspecified atom stereocenters. The third-order valence-corrected chi connectivity index (χ3v) is 3.18. The van der Waals surface area contributed by atoms with E-state index in [0.717, 1.165) is 22.7 Å². The average Bonchev–Trinajstić information content (AvgIpc) is 2.49. The lowest BCUT2D eigenvalue weighted by atomic mass is 10.1. The highest BCUT2D eigenvalue weighted by Crippen LogP contribution is 2.28. The van der Waals surface area contributed by atoms with Crippen LogP contribution in [0.5, 0.6) is 11.5 Å². The maximum Gasteiger partial charge on any atom is 0.161 e. The molecule has 0 aromatic heterocycles. The Labute approximate surface area is 124 Å². The summed E-state index contributed by atoms with van der Waals surface area (Å²) in [6.07, 6.45) is 0. The van der Waals surface area contributed by atoms with Crippen molar-refractivity contribution >= 4 is 5.69 Å². The molecular weight excluding hydrogens is 269 g/mol. The maximum atomic E-state index is 13.2. The number of ether oxygens (including phenoxy) is 2. The summed E-state index contributed by atoms with van der Waals surface area (Å²) in [7, 11) is 1.62. The predicted octanol–water partition coefficient (Wildman–Crippen LogP) is 4.15. The summed E-state index contributed by atoms with van der Waals surface area (Å²) in [4.78, 5) is 0. The largest absolute Gasteiger partial charge is 0.493 e. The summed E-state index contributed by atoms with van der Waals surface area (Å²) in [6.45, 7) is 4.91. The summed E-state index contributed by atoms with van der Waals surface area (Å²) in [6, 6.07) is 10.8. The van der Waals surface area contributed by atoms with Gasteiger partial charge < -0.3 is 14.8 Å². The Hall–Kier alpha value is -2.23. The second kappa shape index (κ2) is 6.97. The fraction of sp³-hybridized carbons (Fsp3) is 0.294. The molecule has 21 heavy (non-hydrogen) atoms. The average molecular weight is 289 g/mol. The molecule has 0 radical (unpaired) electrons. The van der Waals surface area contributed by atoms with Gasteiger partial charge in [-0.05, 0) is 55.3 Å². The topological polar surface area (TPSA) is 30.5 Å². The van der Waals surface area contributed by atoms with Crippen LogP contribution in [-0.2, 0) is 6.54 Å². The van der Waals surface area contributed by atoms with Gasteiger partial charge in [0.2, 0.25) is 0 Å². The highest BCUT2D eigenvalue weighted by Gasteiger charge is 2.05. The van der Waals surface area contributed by atoms with Crippen molar-refractivity contribution < 1.29 is 13.9 Å². The first-order valence-corrected chi connectivity index (χ1v) is 6.93. The molecule has 4 heteroatoms. The van der Waals surface area contributed by atoms with Crippen molar-refractivity contribution in [1.29, 1.82) is 0 Å². The molecule has 0 atom stereocenters. The zero-order valence-electron chi connectivity index (χ0n) is 12.6. The molecule has 2 rings (SSSR count). The van der Waals surface area contributed by atoms with Crippen molar-refractivity contribution in [1.82, 2.24) is 0 Å². The Morgan fingerprint density at radius 3 is 2.57 bits per heavy atom. The van der Waals surface area contributed by atoms with E-state index in [4.69, 9.17) is 9.47 Å². The van der Waals surface area contributed by atoms with Gasteiger partial charge in [0.1, 0.15) is 5.82 Å². The van der Waals surface area contributed by atoms with Crippen LogP contribution in [0.15, 0.2) is 36.4 Å². The normalized spacial score (nSPS) is 10.3. The van der Waals surface area contributed by atoms with E-state index >= 15 is 0 Å². The fourth-order valence-electron chi connectivity index (χ4n) is 2.06. The van der Waals surface area contributed by atoms with Crippen LogP contribution in [0, 0.1) is 12.7 Å². The van der Waals surface area contributed by atoms with Gasteiger partial charge in [0.05, 0.1) is 13.7 Å². The Balaban J connectivity index is 2.08. The van der Waals surface area contributed by atoms with E-state index < -0.39 is 0 Å². The molecule has 1 N–H and O–H groups in total. The molecule has 0 spiro atoms. The summed E-state index contributed by atoms with van der Waals surface area (Å²) in [5.41, 5.74) is 2.59. The number of hydrogen-bond acceptors (Lipinski definition) is 3. The summed E-state index contributed by atoms with van der Waals surface area (Å²) >= 11 is 0. The molecule has 112 valence electrons. The number of rotatable bonds is 6. The standard InChI is InChI=1S/C17H20FNO2/c1-4-21-17-10-13(5-8-16(17)20-3)11-19-14-6-7-15(18)12(2)9-14/h5-10,19H,4,11H2,1-3H3. The van der Waals surface area contributed by atoms with Crippen molar-refractivity contribution in [2.24, 2.45) is 0 Å². The molecule has 0 heterocycles. The molecule has 0 aliphatic heterocycles. The molecule has 0 bridgehead atoms. The van der Waals surface area contributed by atoms with Crippen LogP contribution in [0.2, 0.25) is 0 Å². The fourth-order valence-corrected chi connectivity index (χ4v) is 2.06. The van der Waals surface area contributed by atoms with Crippen LogP contribution in [0.25, 0.3) is 0 Å². The zero-order valence-corrected chi connectivity index (χ0v) is 12.6. The van der Waals surface area contributed by atoms with Crippen LogP contribution in [0.4, 0.5) is 10.1 Å². The van der Waals surface area contributed by atoms with E-state index in [1.54, 1.807) is 26.2 Å². The summed E-state index contributed by atoms with van der Waals surface area (Å²) < 4.78 is 24.0. The molecule has 2 aromatic carbocycles. The minimum absolute atomic E-state index is 0.191. The van der Waals surface area contributed by atoms with E-state index in [1.807, 2.05) is 25.1 Å². The van der Waals surface area contributed by atoms with Crippen LogP contribution in [0.3, 0.4) is 0 Å². The highest BCUT2D eigenvalue weighted by atomic mass is 19.1. The monoisotopic (exact) mass is 289 g/mol. The number of benzene rings is 2. The number of aryl methyl sites for hydroxylation is 1. The second-order valence-corrected chi connectivity index (χ2v) is 4.74. The van der Waals surface area contributed by atoms with Crippen molar-refractivity contribution in [2.75, 3.05) is 19.0 Å². The van der Waals surface area contributed by atoms with Gasteiger partial charge in [-0.25, -0.2) is 4.39 Å². The minimum Gasteiger partial charge on any atom is -0.493 e. The molecule has 0 amide bonds. The van der Waals surface area contributed by atoms with E-state index in [9.17, 15) is 4.39 Å². The SMILES string of the molecule is CCOc1cc(CNc2ccc(F)c(C)c2)ccc1OC. The Kier molecular flexibility index (Phi) is 5.04. The number of hydrogen-bond donors (Lipinski definition) is 1. The number of methoxy groups -OCH3 is 1. The smallest absolute Gasteiger partial charge is 0.161 e. The third kappa shape index (κ3) is 3.88. The summed E-state index contributed by atoms with van der Waals surface area (Å²) in [5.74, 6) is 1.26. The number of halogens is 1. The maximum absolute atomic E-state index is 13.2. The van der Waals surface area contributed by atoms with Crippen LogP contribution in [0.1, 0.15) is 18.1 Å². The number of anilines is 1. The lowest BCUT2D eigenvalue weighted by Crippen LogP contribution is -2.02.